The first-order chi connectivity index (χ1) is 23.1. The summed E-state index contributed by atoms with van der Waals surface area (Å²) < 4.78 is 11.3. The van der Waals surface area contributed by atoms with E-state index in [-0.39, 0.29) is 19.4 Å². The normalized spacial score (nSPS) is 13.4. The summed E-state index contributed by atoms with van der Waals surface area (Å²) >= 11 is 0. The molecule has 264 valence electrons. The topological polar surface area (TPSA) is 114 Å². The zero-order valence-electron chi connectivity index (χ0n) is 30.2. The Labute approximate surface area is 291 Å². The third kappa shape index (κ3) is 12.7. The van der Waals surface area contributed by atoms with Gasteiger partial charge in [-0.2, -0.15) is 0 Å². The minimum atomic E-state index is -1.11. The van der Waals surface area contributed by atoms with E-state index in [9.17, 15) is 19.2 Å². The van der Waals surface area contributed by atoms with E-state index < -0.39 is 53.2 Å². The van der Waals surface area contributed by atoms with E-state index in [0.717, 1.165) is 23.1 Å². The number of alkyl carbamates (subject to hydrolysis) is 1. The van der Waals surface area contributed by atoms with Crippen LogP contribution in [-0.4, -0.2) is 58.6 Å². The van der Waals surface area contributed by atoms with Gasteiger partial charge >= 0.3 is 12.1 Å². The fourth-order valence-electron chi connectivity index (χ4n) is 5.41. The summed E-state index contributed by atoms with van der Waals surface area (Å²) in [5.74, 6) is -1.54. The third-order valence-corrected chi connectivity index (χ3v) is 7.64. The fourth-order valence-corrected chi connectivity index (χ4v) is 5.41. The molecule has 3 atom stereocenters. The maximum Gasteiger partial charge on any atom is 0.408 e. The van der Waals surface area contributed by atoms with Gasteiger partial charge in [0.05, 0.1) is 0 Å². The molecule has 0 aliphatic carbocycles. The molecule has 0 radical (unpaired) electrons. The van der Waals surface area contributed by atoms with Crippen LogP contribution in [0.5, 0.6) is 0 Å². The third-order valence-electron chi connectivity index (χ3n) is 7.64. The number of unbranched alkanes of at least 4 members (excludes halogenated alkanes) is 1. The highest BCUT2D eigenvalue weighted by atomic mass is 16.6. The summed E-state index contributed by atoms with van der Waals surface area (Å²) in [7, 11) is 0. The van der Waals surface area contributed by atoms with Gasteiger partial charge < -0.3 is 25.0 Å². The van der Waals surface area contributed by atoms with E-state index in [2.05, 4.69) is 10.6 Å². The molecule has 3 unspecified atom stereocenters. The largest absolute Gasteiger partial charge is 0.458 e. The molecular formula is C40H53N3O6. The second-order valence-corrected chi connectivity index (χ2v) is 14.3. The lowest BCUT2D eigenvalue weighted by Crippen LogP contribution is -2.55. The van der Waals surface area contributed by atoms with Crippen LogP contribution in [0.15, 0.2) is 84.9 Å². The predicted octanol–water partition coefficient (Wildman–Crippen LogP) is 6.87. The van der Waals surface area contributed by atoms with E-state index in [0.29, 0.717) is 12.0 Å². The van der Waals surface area contributed by atoms with Gasteiger partial charge in [-0.1, -0.05) is 98.3 Å². The molecule has 9 heteroatoms. The highest BCUT2D eigenvalue weighted by Crippen LogP contribution is 2.27. The molecule has 0 saturated heterocycles. The van der Waals surface area contributed by atoms with E-state index in [4.69, 9.17) is 9.47 Å². The number of rotatable bonds is 14. The maximum absolute atomic E-state index is 14.8. The van der Waals surface area contributed by atoms with Crippen molar-refractivity contribution in [1.82, 2.24) is 15.5 Å². The van der Waals surface area contributed by atoms with Crippen LogP contribution in [0.1, 0.15) is 89.6 Å². The van der Waals surface area contributed by atoms with Gasteiger partial charge in [0, 0.05) is 19.4 Å². The van der Waals surface area contributed by atoms with Gasteiger partial charge in [-0.15, -0.1) is 0 Å². The van der Waals surface area contributed by atoms with Gasteiger partial charge in [0.1, 0.15) is 29.3 Å². The fraction of sp³-hybridized carbons (Fsp3) is 0.450. The average Bonchev–Trinajstić information content (AvgIpc) is 3.02. The Morgan fingerprint density at radius 2 is 1.20 bits per heavy atom. The van der Waals surface area contributed by atoms with E-state index >= 15 is 0 Å². The van der Waals surface area contributed by atoms with E-state index in [1.54, 1.807) is 41.5 Å². The van der Waals surface area contributed by atoms with Gasteiger partial charge in [-0.05, 0) is 77.1 Å². The van der Waals surface area contributed by atoms with Crippen LogP contribution in [0.25, 0.3) is 0 Å². The van der Waals surface area contributed by atoms with Crippen molar-refractivity contribution in [1.29, 1.82) is 0 Å². The molecule has 3 aromatic rings. The molecule has 0 aromatic heterocycles. The standard InChI is InChI=1S/C40H53N3O6/c1-9-10-25-43(36(45)32(26-29-20-13-11-14-21-29)42-38(47)49-40(6,7)8)34(31-24-18-17-19-28(31)2)35(44)41-33(37(46)48-39(3,4)5)27-30-22-15-12-16-23-30/h11-24,32-34H,9-10,25-27H2,1-8H3,(H,41,44)(H,42,47). The maximum atomic E-state index is 14.8. The number of hydrogen-bond donors (Lipinski definition) is 2. The molecule has 0 aliphatic heterocycles. The van der Waals surface area contributed by atoms with Crippen molar-refractivity contribution in [2.45, 2.75) is 110 Å². The van der Waals surface area contributed by atoms with Crippen LogP contribution in [0.4, 0.5) is 4.79 Å². The number of esters is 1. The molecule has 49 heavy (non-hydrogen) atoms. The number of nitrogens with one attached hydrogen (secondary N) is 2. The van der Waals surface area contributed by atoms with Crippen LogP contribution in [0.2, 0.25) is 0 Å². The quantitative estimate of drug-likeness (QED) is 0.181. The van der Waals surface area contributed by atoms with E-state index in [1.807, 2.05) is 98.8 Å². The molecule has 2 N–H and O–H groups in total. The zero-order valence-corrected chi connectivity index (χ0v) is 30.2. The van der Waals surface area contributed by atoms with Crippen LogP contribution in [0.3, 0.4) is 0 Å². The second-order valence-electron chi connectivity index (χ2n) is 14.3. The van der Waals surface area contributed by atoms with Crippen molar-refractivity contribution >= 4 is 23.9 Å². The van der Waals surface area contributed by atoms with Crippen molar-refractivity contribution in [3.63, 3.8) is 0 Å². The molecule has 3 rings (SSSR count). The summed E-state index contributed by atoms with van der Waals surface area (Å²) in [6.45, 7) is 14.7. The summed E-state index contributed by atoms with van der Waals surface area (Å²) in [4.78, 5) is 57.6. The number of carbonyl (C=O) groups is 4. The van der Waals surface area contributed by atoms with Crippen LogP contribution in [0, 0.1) is 6.92 Å². The van der Waals surface area contributed by atoms with Gasteiger partial charge in [0.2, 0.25) is 11.8 Å². The van der Waals surface area contributed by atoms with Gasteiger partial charge in [-0.25, -0.2) is 9.59 Å². The van der Waals surface area contributed by atoms with Crippen LogP contribution < -0.4 is 10.6 Å². The number of ether oxygens (including phenoxy) is 2. The summed E-state index contributed by atoms with van der Waals surface area (Å²) in [6.07, 6.45) is 0.996. The molecule has 3 aromatic carbocycles. The average molecular weight is 672 g/mol. The number of nitrogens with zero attached hydrogens (tertiary/aromatic N) is 1. The second kappa shape index (κ2) is 17.7. The monoisotopic (exact) mass is 671 g/mol. The number of aryl methyl sites for hydroxylation is 1. The van der Waals surface area contributed by atoms with Crippen molar-refractivity contribution in [2.24, 2.45) is 0 Å². The first kappa shape index (κ1) is 38.8. The summed E-state index contributed by atoms with van der Waals surface area (Å²) in [5.41, 5.74) is 1.52. The first-order valence-corrected chi connectivity index (χ1v) is 17.0. The Kier molecular flexibility index (Phi) is 14.0. The van der Waals surface area contributed by atoms with Gasteiger partial charge in [0.25, 0.3) is 0 Å². The minimum absolute atomic E-state index is 0.179. The summed E-state index contributed by atoms with van der Waals surface area (Å²) in [5, 5.41) is 5.76. The van der Waals surface area contributed by atoms with Crippen LogP contribution in [-0.2, 0) is 36.7 Å². The van der Waals surface area contributed by atoms with Gasteiger partial charge in [-0.3, -0.25) is 9.59 Å². The number of hydrogen-bond acceptors (Lipinski definition) is 6. The first-order valence-electron chi connectivity index (χ1n) is 17.0. The van der Waals surface area contributed by atoms with Crippen LogP contribution >= 0.6 is 0 Å². The Hall–Kier alpha value is -4.66. The Balaban J connectivity index is 2.10. The molecular weight excluding hydrogens is 618 g/mol. The molecule has 0 spiro atoms. The predicted molar refractivity (Wildman–Crippen MR) is 192 cm³/mol. The Bertz CT molecular complexity index is 1530. The van der Waals surface area contributed by atoms with E-state index in [1.165, 1.54) is 4.90 Å². The smallest absolute Gasteiger partial charge is 0.408 e. The number of amides is 3. The zero-order chi connectivity index (χ0) is 36.2. The Morgan fingerprint density at radius 3 is 1.71 bits per heavy atom. The van der Waals surface area contributed by atoms with Crippen molar-refractivity contribution in [3.8, 4) is 0 Å². The molecule has 0 bridgehead atoms. The van der Waals surface area contributed by atoms with Gasteiger partial charge in [0.15, 0.2) is 0 Å². The lowest BCUT2D eigenvalue weighted by atomic mass is 9.96. The van der Waals surface area contributed by atoms with Crippen molar-refractivity contribution in [3.05, 3.63) is 107 Å². The molecule has 9 nitrogen and oxygen atoms in total. The molecule has 0 saturated carbocycles. The molecule has 0 fully saturated rings. The molecule has 0 aliphatic rings. The molecule has 3 amide bonds. The van der Waals surface area contributed by atoms with Crippen molar-refractivity contribution in [2.75, 3.05) is 6.54 Å². The lowest BCUT2D eigenvalue weighted by molar-refractivity contribution is -0.159. The van der Waals surface area contributed by atoms with Crippen molar-refractivity contribution < 1.29 is 28.7 Å². The molecule has 0 heterocycles. The highest BCUT2D eigenvalue weighted by molar-refractivity contribution is 5.94. The number of benzene rings is 3. The minimum Gasteiger partial charge on any atom is -0.458 e. The SMILES string of the molecule is CCCCN(C(=O)C(Cc1ccccc1)NC(=O)OC(C)(C)C)C(C(=O)NC(Cc1ccccc1)C(=O)OC(C)(C)C)c1ccccc1C. The highest BCUT2D eigenvalue weighted by Gasteiger charge is 2.38. The summed E-state index contributed by atoms with van der Waals surface area (Å²) in [6, 6.07) is 23.0. The Morgan fingerprint density at radius 1 is 0.694 bits per heavy atom. The lowest BCUT2D eigenvalue weighted by Gasteiger charge is -2.36. The number of carbonyl (C=O) groups excluding carboxylic acids is 4.